The summed E-state index contributed by atoms with van der Waals surface area (Å²) in [5, 5.41) is 3.46. The van der Waals surface area contributed by atoms with Crippen molar-refractivity contribution in [3.8, 4) is 0 Å². The van der Waals surface area contributed by atoms with Crippen LogP contribution in [0.5, 0.6) is 0 Å². The van der Waals surface area contributed by atoms with E-state index in [-0.39, 0.29) is 0 Å². The molecule has 1 saturated carbocycles. The molecule has 0 spiro atoms. The van der Waals surface area contributed by atoms with Crippen molar-refractivity contribution in [2.45, 2.75) is 65.2 Å². The average Bonchev–Trinajstić information content (AvgIpc) is 2.97. The van der Waals surface area contributed by atoms with Crippen LogP contribution in [-0.2, 0) is 17.9 Å². The summed E-state index contributed by atoms with van der Waals surface area (Å²) in [5.41, 5.74) is 1.39. The third-order valence-electron chi connectivity index (χ3n) is 3.57. The molecule has 1 aromatic rings. The highest BCUT2D eigenvalue weighted by molar-refractivity contribution is 7.12. The Kier molecular flexibility index (Phi) is 5.67. The summed E-state index contributed by atoms with van der Waals surface area (Å²) in [5.74, 6) is 0. The van der Waals surface area contributed by atoms with Gasteiger partial charge in [-0.2, -0.15) is 0 Å². The lowest BCUT2D eigenvalue weighted by Crippen LogP contribution is -2.12. The zero-order valence-electron chi connectivity index (χ0n) is 11.6. The monoisotopic (exact) mass is 267 g/mol. The molecule has 0 atom stereocenters. The van der Waals surface area contributed by atoms with Crippen molar-refractivity contribution in [2.24, 2.45) is 0 Å². The van der Waals surface area contributed by atoms with Crippen LogP contribution in [-0.4, -0.2) is 12.6 Å². The predicted molar refractivity (Wildman–Crippen MR) is 78.1 cm³/mol. The van der Waals surface area contributed by atoms with Gasteiger partial charge in [-0.1, -0.05) is 19.8 Å². The normalized spacial score (nSPS) is 16.6. The number of nitrogens with one attached hydrogen (secondary N) is 1. The highest BCUT2D eigenvalue weighted by Crippen LogP contribution is 2.26. The van der Waals surface area contributed by atoms with Gasteiger partial charge in [0.2, 0.25) is 0 Å². The van der Waals surface area contributed by atoms with Gasteiger partial charge in [0, 0.05) is 16.3 Å². The summed E-state index contributed by atoms with van der Waals surface area (Å²) >= 11 is 1.90. The van der Waals surface area contributed by atoms with Crippen LogP contribution >= 0.6 is 11.3 Å². The van der Waals surface area contributed by atoms with Gasteiger partial charge in [-0.25, -0.2) is 0 Å². The van der Waals surface area contributed by atoms with Crippen molar-refractivity contribution in [1.82, 2.24) is 5.32 Å². The van der Waals surface area contributed by atoms with Gasteiger partial charge in [-0.15, -0.1) is 11.3 Å². The first kappa shape index (κ1) is 14.0. The van der Waals surface area contributed by atoms with Crippen molar-refractivity contribution in [1.29, 1.82) is 0 Å². The highest BCUT2D eigenvalue weighted by Gasteiger charge is 2.16. The topological polar surface area (TPSA) is 21.3 Å². The fourth-order valence-electron chi connectivity index (χ4n) is 2.47. The van der Waals surface area contributed by atoms with E-state index in [9.17, 15) is 0 Å². The lowest BCUT2D eigenvalue weighted by Gasteiger charge is -2.10. The molecule has 0 unspecified atom stereocenters. The van der Waals surface area contributed by atoms with Crippen molar-refractivity contribution < 1.29 is 4.74 Å². The summed E-state index contributed by atoms with van der Waals surface area (Å²) in [6, 6.07) is 2.32. The van der Waals surface area contributed by atoms with Crippen LogP contribution in [0.2, 0.25) is 0 Å². The maximum atomic E-state index is 6.00. The minimum Gasteiger partial charge on any atom is -0.374 e. The van der Waals surface area contributed by atoms with Gasteiger partial charge in [-0.05, 0) is 44.4 Å². The Morgan fingerprint density at radius 2 is 2.17 bits per heavy atom. The molecule has 1 aliphatic rings. The molecule has 1 aliphatic carbocycles. The van der Waals surface area contributed by atoms with Crippen molar-refractivity contribution in [3.63, 3.8) is 0 Å². The second-order valence-corrected chi connectivity index (χ2v) is 6.53. The van der Waals surface area contributed by atoms with Gasteiger partial charge in [-0.3, -0.25) is 0 Å². The molecule has 1 aromatic heterocycles. The van der Waals surface area contributed by atoms with E-state index in [0.717, 1.165) is 19.7 Å². The Morgan fingerprint density at radius 1 is 1.39 bits per heavy atom. The maximum absolute atomic E-state index is 6.00. The third-order valence-corrected chi connectivity index (χ3v) is 4.67. The fraction of sp³-hybridized carbons (Fsp3) is 0.733. The summed E-state index contributed by atoms with van der Waals surface area (Å²) in [7, 11) is 0. The molecule has 1 fully saturated rings. The first-order valence-corrected chi connectivity index (χ1v) is 8.01. The maximum Gasteiger partial charge on any atom is 0.0731 e. The number of ether oxygens (including phenoxy) is 1. The van der Waals surface area contributed by atoms with Gasteiger partial charge in [0.05, 0.1) is 12.7 Å². The second kappa shape index (κ2) is 7.27. The van der Waals surface area contributed by atoms with E-state index < -0.39 is 0 Å². The number of rotatable bonds is 7. The van der Waals surface area contributed by atoms with Crippen molar-refractivity contribution in [2.75, 3.05) is 6.54 Å². The molecule has 0 amide bonds. The average molecular weight is 267 g/mol. The third kappa shape index (κ3) is 4.08. The standard InChI is InChI=1S/C15H25NOS/c1-3-8-16-10-15-9-13(12(2)18-15)11-17-14-6-4-5-7-14/h9,14,16H,3-8,10-11H2,1-2H3. The predicted octanol–water partition coefficient (Wildman–Crippen LogP) is 4.02. The zero-order valence-corrected chi connectivity index (χ0v) is 12.4. The molecule has 0 aromatic carbocycles. The molecule has 0 saturated heterocycles. The molecule has 0 aliphatic heterocycles. The molecule has 2 rings (SSSR count). The van der Waals surface area contributed by atoms with Crippen LogP contribution in [0.3, 0.4) is 0 Å². The number of hydrogen-bond acceptors (Lipinski definition) is 3. The smallest absolute Gasteiger partial charge is 0.0731 e. The lowest BCUT2D eigenvalue weighted by atomic mass is 10.2. The van der Waals surface area contributed by atoms with E-state index in [2.05, 4.69) is 25.2 Å². The van der Waals surface area contributed by atoms with Crippen LogP contribution in [0.25, 0.3) is 0 Å². The summed E-state index contributed by atoms with van der Waals surface area (Å²) in [6.07, 6.45) is 6.93. The quantitative estimate of drug-likeness (QED) is 0.754. The molecule has 0 bridgehead atoms. The molecular weight excluding hydrogens is 242 g/mol. The number of thiophene rings is 1. The molecule has 2 nitrogen and oxygen atoms in total. The molecule has 1 N–H and O–H groups in total. The highest BCUT2D eigenvalue weighted by atomic mass is 32.1. The van der Waals surface area contributed by atoms with Crippen molar-refractivity contribution >= 4 is 11.3 Å². The van der Waals surface area contributed by atoms with Crippen LogP contribution in [0.15, 0.2) is 6.07 Å². The molecule has 18 heavy (non-hydrogen) atoms. The fourth-order valence-corrected chi connectivity index (χ4v) is 3.49. The largest absolute Gasteiger partial charge is 0.374 e. The van der Waals surface area contributed by atoms with Gasteiger partial charge < -0.3 is 10.1 Å². The summed E-state index contributed by atoms with van der Waals surface area (Å²) < 4.78 is 6.00. The molecular formula is C15H25NOS. The van der Waals surface area contributed by atoms with E-state index in [0.29, 0.717) is 6.10 Å². The summed E-state index contributed by atoms with van der Waals surface area (Å²) in [6.45, 7) is 7.32. The minimum absolute atomic E-state index is 0.519. The first-order chi connectivity index (χ1) is 8.79. The molecule has 102 valence electrons. The Balaban J connectivity index is 1.80. The van der Waals surface area contributed by atoms with Crippen LogP contribution < -0.4 is 5.32 Å². The van der Waals surface area contributed by atoms with E-state index in [4.69, 9.17) is 4.74 Å². The van der Waals surface area contributed by atoms with E-state index in [1.165, 1.54) is 47.4 Å². The first-order valence-electron chi connectivity index (χ1n) is 7.20. The van der Waals surface area contributed by atoms with Gasteiger partial charge in [0.1, 0.15) is 0 Å². The van der Waals surface area contributed by atoms with Gasteiger partial charge >= 0.3 is 0 Å². The van der Waals surface area contributed by atoms with Crippen LogP contribution in [0.1, 0.15) is 54.3 Å². The number of aryl methyl sites for hydroxylation is 1. The van der Waals surface area contributed by atoms with Gasteiger partial charge in [0.25, 0.3) is 0 Å². The van der Waals surface area contributed by atoms with E-state index >= 15 is 0 Å². The van der Waals surface area contributed by atoms with E-state index in [1.807, 2.05) is 11.3 Å². The second-order valence-electron chi connectivity index (χ2n) is 5.19. The summed E-state index contributed by atoms with van der Waals surface area (Å²) in [4.78, 5) is 2.85. The number of hydrogen-bond donors (Lipinski definition) is 1. The Labute approximate surface area is 115 Å². The lowest BCUT2D eigenvalue weighted by molar-refractivity contribution is 0.0456. The Hall–Kier alpha value is -0.380. The van der Waals surface area contributed by atoms with Gasteiger partial charge in [0.15, 0.2) is 0 Å². The minimum atomic E-state index is 0.519. The Bertz CT molecular complexity index is 355. The molecule has 0 radical (unpaired) electrons. The molecule has 1 heterocycles. The van der Waals surface area contributed by atoms with Crippen LogP contribution in [0, 0.1) is 6.92 Å². The van der Waals surface area contributed by atoms with E-state index in [1.54, 1.807) is 0 Å². The van der Waals surface area contributed by atoms with Crippen molar-refractivity contribution in [3.05, 3.63) is 21.4 Å². The Morgan fingerprint density at radius 3 is 2.89 bits per heavy atom. The zero-order chi connectivity index (χ0) is 12.8. The SMILES string of the molecule is CCCNCc1cc(COC2CCCC2)c(C)s1. The van der Waals surface area contributed by atoms with Crippen LogP contribution in [0.4, 0.5) is 0 Å². The molecule has 3 heteroatoms.